The number of nitrogens with zero attached hydrogens (tertiary/aromatic N) is 1. The highest BCUT2D eigenvalue weighted by Gasteiger charge is 2.44. The van der Waals surface area contributed by atoms with Crippen LogP contribution >= 0.6 is 11.6 Å². The van der Waals surface area contributed by atoms with Crippen LogP contribution in [-0.4, -0.2) is 18.1 Å². The molecule has 0 saturated carbocycles. The summed E-state index contributed by atoms with van der Waals surface area (Å²) >= 11 is 6.22. The second kappa shape index (κ2) is 7.67. The number of halogens is 1. The van der Waals surface area contributed by atoms with Crippen molar-refractivity contribution in [2.75, 3.05) is 12.0 Å². The van der Waals surface area contributed by atoms with Crippen LogP contribution in [-0.2, 0) is 0 Å². The number of anilines is 1. The molecule has 1 aromatic heterocycles. The van der Waals surface area contributed by atoms with E-state index in [1.807, 2.05) is 13.8 Å². The van der Waals surface area contributed by atoms with Crippen molar-refractivity contribution in [3.05, 3.63) is 97.9 Å². The minimum Gasteiger partial charge on any atom is -0.504 e. The van der Waals surface area contributed by atoms with Gasteiger partial charge in [-0.25, -0.2) is 0 Å². The average Bonchev–Trinajstić information content (AvgIpc) is 3.08. The van der Waals surface area contributed by atoms with Crippen molar-refractivity contribution in [3.8, 4) is 11.5 Å². The zero-order valence-corrected chi connectivity index (χ0v) is 18.9. The molecule has 6 nitrogen and oxygen atoms in total. The monoisotopic (exact) mass is 461 g/mol. The van der Waals surface area contributed by atoms with Crippen LogP contribution in [0.4, 0.5) is 5.69 Å². The summed E-state index contributed by atoms with van der Waals surface area (Å²) in [5.41, 5.74) is 3.35. The molecule has 1 aliphatic heterocycles. The molecule has 5 rings (SSSR count). The molecular weight excluding hydrogens is 442 g/mol. The number of carbonyl (C=O) groups is 1. The second-order valence-electron chi connectivity index (χ2n) is 8.10. The first-order valence-corrected chi connectivity index (χ1v) is 10.7. The molecule has 1 atom stereocenters. The lowest BCUT2D eigenvalue weighted by Crippen LogP contribution is -2.29. The number of ether oxygens (including phenoxy) is 1. The van der Waals surface area contributed by atoms with Crippen LogP contribution in [0.5, 0.6) is 11.5 Å². The molecule has 3 aromatic carbocycles. The normalized spacial score (nSPS) is 15.2. The van der Waals surface area contributed by atoms with Crippen LogP contribution < -0.4 is 15.1 Å². The van der Waals surface area contributed by atoms with Crippen LogP contribution in [0.2, 0.25) is 5.02 Å². The fourth-order valence-electron chi connectivity index (χ4n) is 4.30. The summed E-state index contributed by atoms with van der Waals surface area (Å²) in [6.07, 6.45) is 0. The highest BCUT2D eigenvalue weighted by molar-refractivity contribution is 6.31. The van der Waals surface area contributed by atoms with Gasteiger partial charge in [0.1, 0.15) is 5.58 Å². The Bertz CT molecular complexity index is 1510. The summed E-state index contributed by atoms with van der Waals surface area (Å²) in [4.78, 5) is 28.9. The third kappa shape index (κ3) is 3.26. The van der Waals surface area contributed by atoms with Gasteiger partial charge < -0.3 is 14.3 Å². The Morgan fingerprint density at radius 2 is 1.79 bits per heavy atom. The Kier molecular flexibility index (Phi) is 4.91. The Hall–Kier alpha value is -3.77. The van der Waals surface area contributed by atoms with Gasteiger partial charge in [0.15, 0.2) is 16.9 Å². The van der Waals surface area contributed by atoms with Crippen LogP contribution in [0.3, 0.4) is 0 Å². The smallest absolute Gasteiger partial charge is 0.295 e. The van der Waals surface area contributed by atoms with E-state index < -0.39 is 11.9 Å². The van der Waals surface area contributed by atoms with E-state index in [9.17, 15) is 14.7 Å². The summed E-state index contributed by atoms with van der Waals surface area (Å²) in [6, 6.07) is 14.4. The molecule has 33 heavy (non-hydrogen) atoms. The number of rotatable bonds is 3. The highest BCUT2D eigenvalue weighted by Crippen LogP contribution is 2.43. The number of phenols is 1. The van der Waals surface area contributed by atoms with Crippen molar-refractivity contribution in [2.24, 2.45) is 0 Å². The van der Waals surface area contributed by atoms with Crippen LogP contribution in [0.15, 0.2) is 63.8 Å². The lowest BCUT2D eigenvalue weighted by Gasteiger charge is -2.25. The van der Waals surface area contributed by atoms with Gasteiger partial charge in [0.2, 0.25) is 5.76 Å². The number of hydrogen-bond donors (Lipinski definition) is 1. The number of phenolic OH excluding ortho intramolecular Hbond substituents is 1. The fourth-order valence-corrected chi connectivity index (χ4v) is 4.48. The number of benzene rings is 3. The number of amides is 1. The zero-order valence-electron chi connectivity index (χ0n) is 18.2. The zero-order chi connectivity index (χ0) is 23.4. The first-order valence-electron chi connectivity index (χ1n) is 10.3. The highest BCUT2D eigenvalue weighted by atomic mass is 35.5. The Morgan fingerprint density at radius 1 is 1.03 bits per heavy atom. The third-order valence-electron chi connectivity index (χ3n) is 6.09. The van der Waals surface area contributed by atoms with Crippen LogP contribution in [0, 0.1) is 13.8 Å². The maximum Gasteiger partial charge on any atom is 0.295 e. The molecular formula is C26H20ClNO5. The van der Waals surface area contributed by atoms with Crippen molar-refractivity contribution in [2.45, 2.75) is 19.9 Å². The first-order chi connectivity index (χ1) is 15.8. The van der Waals surface area contributed by atoms with E-state index in [1.165, 1.54) is 18.1 Å². The second-order valence-corrected chi connectivity index (χ2v) is 8.53. The van der Waals surface area contributed by atoms with E-state index in [2.05, 4.69) is 0 Å². The van der Waals surface area contributed by atoms with E-state index in [-0.39, 0.29) is 28.3 Å². The molecule has 0 fully saturated rings. The van der Waals surface area contributed by atoms with E-state index in [0.717, 1.165) is 11.1 Å². The molecule has 1 aliphatic rings. The SMILES string of the molecule is COc1cc(C2c3c(oc4cc(C)c(C)cc4c3=O)C(=O)N2c2cccc(Cl)c2)ccc1O. The maximum absolute atomic E-state index is 13.7. The van der Waals surface area contributed by atoms with E-state index >= 15 is 0 Å². The van der Waals surface area contributed by atoms with Crippen molar-refractivity contribution in [1.82, 2.24) is 0 Å². The van der Waals surface area contributed by atoms with E-state index in [4.69, 9.17) is 20.8 Å². The summed E-state index contributed by atoms with van der Waals surface area (Å²) in [5.74, 6) is -0.262. The van der Waals surface area contributed by atoms with Gasteiger partial charge in [-0.05, 0) is 73.0 Å². The van der Waals surface area contributed by atoms with Gasteiger partial charge in [0.25, 0.3) is 5.91 Å². The van der Waals surface area contributed by atoms with Gasteiger partial charge in [0.05, 0.1) is 24.1 Å². The standard InChI is InChI=1S/C26H20ClNO5/c1-13-9-18-20(10-14(13)2)33-25-22(24(18)30)23(15-7-8-19(29)21(11-15)32-3)28(26(25)31)17-6-4-5-16(27)12-17/h4-12,23,29H,1-3H3. The topological polar surface area (TPSA) is 80.0 Å². The summed E-state index contributed by atoms with van der Waals surface area (Å²) < 4.78 is 11.3. The summed E-state index contributed by atoms with van der Waals surface area (Å²) in [6.45, 7) is 3.85. The van der Waals surface area contributed by atoms with Crippen LogP contribution in [0.25, 0.3) is 11.0 Å². The Morgan fingerprint density at radius 3 is 2.52 bits per heavy atom. The van der Waals surface area contributed by atoms with E-state index in [0.29, 0.717) is 27.2 Å². The number of aromatic hydroxyl groups is 1. The molecule has 166 valence electrons. The summed E-state index contributed by atoms with van der Waals surface area (Å²) in [7, 11) is 1.44. The molecule has 2 heterocycles. The first kappa shape index (κ1) is 21.1. The number of methoxy groups -OCH3 is 1. The molecule has 1 amide bonds. The number of fused-ring (bicyclic) bond motifs is 2. The minimum atomic E-state index is -0.789. The van der Waals surface area contributed by atoms with Crippen molar-refractivity contribution in [1.29, 1.82) is 0 Å². The molecule has 0 spiro atoms. The van der Waals surface area contributed by atoms with Crippen molar-refractivity contribution < 1.29 is 19.1 Å². The van der Waals surface area contributed by atoms with Gasteiger partial charge in [-0.15, -0.1) is 0 Å². The van der Waals surface area contributed by atoms with E-state index in [1.54, 1.807) is 48.5 Å². The lowest BCUT2D eigenvalue weighted by atomic mass is 9.97. The third-order valence-corrected chi connectivity index (χ3v) is 6.33. The van der Waals surface area contributed by atoms with Gasteiger partial charge in [-0.3, -0.25) is 14.5 Å². The molecule has 7 heteroatoms. The molecule has 0 radical (unpaired) electrons. The van der Waals surface area contributed by atoms with Gasteiger partial charge in [0, 0.05) is 10.7 Å². The number of aryl methyl sites for hydroxylation is 2. The molecule has 0 saturated heterocycles. The average molecular weight is 462 g/mol. The maximum atomic E-state index is 13.7. The quantitative estimate of drug-likeness (QED) is 0.434. The molecule has 1 N–H and O–H groups in total. The largest absolute Gasteiger partial charge is 0.504 e. The van der Waals surface area contributed by atoms with Crippen molar-refractivity contribution >= 4 is 34.2 Å². The molecule has 1 unspecified atom stereocenters. The fraction of sp³-hybridized carbons (Fsp3) is 0.154. The molecule has 0 aliphatic carbocycles. The Balaban J connectivity index is 1.84. The predicted octanol–water partition coefficient (Wildman–Crippen LogP) is 5.53. The number of hydrogen-bond acceptors (Lipinski definition) is 5. The van der Waals surface area contributed by atoms with Crippen molar-refractivity contribution in [3.63, 3.8) is 0 Å². The van der Waals surface area contributed by atoms with Gasteiger partial charge in [-0.1, -0.05) is 23.7 Å². The minimum absolute atomic E-state index is 0.00669. The predicted molar refractivity (Wildman–Crippen MR) is 127 cm³/mol. The van der Waals surface area contributed by atoms with Gasteiger partial charge in [-0.2, -0.15) is 0 Å². The number of carbonyl (C=O) groups excluding carboxylic acids is 1. The van der Waals surface area contributed by atoms with Gasteiger partial charge >= 0.3 is 0 Å². The lowest BCUT2D eigenvalue weighted by molar-refractivity contribution is 0.0971. The Labute approximate surface area is 194 Å². The molecule has 4 aromatic rings. The van der Waals surface area contributed by atoms with Crippen LogP contribution in [0.1, 0.15) is 38.9 Å². The summed E-state index contributed by atoms with van der Waals surface area (Å²) in [5, 5.41) is 11.0. The molecule has 0 bridgehead atoms.